The quantitative estimate of drug-likeness (QED) is 0.484. The van der Waals surface area contributed by atoms with Gasteiger partial charge in [-0.15, -0.1) is 0 Å². The van der Waals surface area contributed by atoms with Gasteiger partial charge in [0.25, 0.3) is 5.69 Å². The number of nitro groups is 1. The molecule has 0 spiro atoms. The number of alkyl halides is 3. The van der Waals surface area contributed by atoms with Crippen LogP contribution >= 0.6 is 0 Å². The van der Waals surface area contributed by atoms with Crippen molar-refractivity contribution in [3.05, 3.63) is 75.3 Å². The number of esters is 1. The summed E-state index contributed by atoms with van der Waals surface area (Å²) in [5.74, 6) is -0.864. The fraction of sp³-hybridized carbons (Fsp3) is 0.133. The molecule has 0 aliphatic heterocycles. The van der Waals surface area contributed by atoms with Crippen LogP contribution in [0.4, 0.5) is 18.9 Å². The summed E-state index contributed by atoms with van der Waals surface area (Å²) in [6.07, 6.45) is -4.79. The molecule has 0 fully saturated rings. The van der Waals surface area contributed by atoms with E-state index in [-0.39, 0.29) is 5.56 Å². The normalized spacial score (nSPS) is 11.1. The van der Waals surface area contributed by atoms with Crippen molar-refractivity contribution in [2.45, 2.75) is 12.8 Å². The average molecular weight is 325 g/mol. The summed E-state index contributed by atoms with van der Waals surface area (Å²) in [6, 6.07) is 10.2. The van der Waals surface area contributed by atoms with E-state index in [4.69, 9.17) is 4.74 Å². The molecule has 0 aromatic heterocycles. The van der Waals surface area contributed by atoms with Gasteiger partial charge in [-0.1, -0.05) is 24.3 Å². The minimum atomic E-state index is -4.79. The number of carbonyl (C=O) groups excluding carboxylic acids is 1. The molecule has 0 saturated carbocycles. The first-order valence-corrected chi connectivity index (χ1v) is 6.36. The topological polar surface area (TPSA) is 69.4 Å². The number of ether oxygens (including phenoxy) is 1. The Hall–Kier alpha value is -2.90. The Balaban J connectivity index is 2.31. The molecule has 0 radical (unpaired) electrons. The maximum Gasteiger partial charge on any atom is 0.417 e. The number of rotatable bonds is 4. The third-order valence-electron chi connectivity index (χ3n) is 3.01. The van der Waals surface area contributed by atoms with Crippen LogP contribution in [-0.4, -0.2) is 10.9 Å². The maximum atomic E-state index is 13.0. The molecule has 0 N–H and O–H groups in total. The van der Waals surface area contributed by atoms with E-state index >= 15 is 0 Å². The molecule has 2 rings (SSSR count). The monoisotopic (exact) mass is 325 g/mol. The molecule has 120 valence electrons. The highest BCUT2D eigenvalue weighted by atomic mass is 19.4. The highest BCUT2D eigenvalue weighted by Gasteiger charge is 2.36. The van der Waals surface area contributed by atoms with Crippen molar-refractivity contribution < 1.29 is 27.6 Å². The summed E-state index contributed by atoms with van der Waals surface area (Å²) >= 11 is 0. The van der Waals surface area contributed by atoms with Crippen LogP contribution in [0.25, 0.3) is 0 Å². The van der Waals surface area contributed by atoms with Crippen LogP contribution in [-0.2, 0) is 17.5 Å². The Morgan fingerprint density at radius 1 is 1.09 bits per heavy atom. The summed E-state index contributed by atoms with van der Waals surface area (Å²) in [5.41, 5.74) is -2.50. The Bertz CT molecular complexity index is 729. The lowest BCUT2D eigenvalue weighted by Gasteiger charge is -2.13. The molecule has 0 aliphatic carbocycles. The zero-order valence-corrected chi connectivity index (χ0v) is 11.5. The van der Waals surface area contributed by atoms with E-state index in [9.17, 15) is 28.1 Å². The maximum absolute atomic E-state index is 13.0. The molecule has 8 heteroatoms. The minimum absolute atomic E-state index is 0.139. The van der Waals surface area contributed by atoms with E-state index in [0.29, 0.717) is 6.07 Å². The van der Waals surface area contributed by atoms with Gasteiger partial charge in [-0.05, 0) is 18.2 Å². The lowest BCUT2D eigenvalue weighted by molar-refractivity contribution is -0.386. The van der Waals surface area contributed by atoms with Crippen LogP contribution in [0, 0.1) is 10.1 Å². The first kappa shape index (κ1) is 16.5. The average Bonchev–Trinajstić information content (AvgIpc) is 2.52. The summed E-state index contributed by atoms with van der Waals surface area (Å²) < 4.78 is 43.7. The van der Waals surface area contributed by atoms with Crippen LogP contribution in [0.5, 0.6) is 0 Å². The van der Waals surface area contributed by atoms with Gasteiger partial charge in [-0.2, -0.15) is 13.2 Å². The Morgan fingerprint density at radius 2 is 1.74 bits per heavy atom. The van der Waals surface area contributed by atoms with Gasteiger partial charge >= 0.3 is 12.1 Å². The van der Waals surface area contributed by atoms with E-state index in [1.807, 2.05) is 0 Å². The van der Waals surface area contributed by atoms with Gasteiger partial charge in [0.1, 0.15) is 6.61 Å². The number of hydrogen-bond donors (Lipinski definition) is 0. The molecule has 0 heterocycles. The van der Waals surface area contributed by atoms with E-state index < -0.39 is 40.5 Å². The number of hydrogen-bond acceptors (Lipinski definition) is 4. The van der Waals surface area contributed by atoms with Crippen LogP contribution in [0.2, 0.25) is 0 Å². The van der Waals surface area contributed by atoms with Crippen LogP contribution in [0.1, 0.15) is 21.5 Å². The van der Waals surface area contributed by atoms with Crippen molar-refractivity contribution in [1.29, 1.82) is 0 Å². The molecule has 0 aliphatic rings. The first-order chi connectivity index (χ1) is 10.8. The third kappa shape index (κ3) is 3.85. The lowest BCUT2D eigenvalue weighted by atomic mass is 10.1. The molecular formula is C15H10F3NO4. The summed E-state index contributed by atoms with van der Waals surface area (Å²) in [5, 5.41) is 10.9. The summed E-state index contributed by atoms with van der Waals surface area (Å²) in [6.45, 7) is -0.847. The van der Waals surface area contributed by atoms with Crippen molar-refractivity contribution in [3.8, 4) is 0 Å². The zero-order valence-electron chi connectivity index (χ0n) is 11.5. The molecule has 0 amide bonds. The Kier molecular flexibility index (Phi) is 4.63. The molecule has 0 unspecified atom stereocenters. The van der Waals surface area contributed by atoms with Gasteiger partial charge in [0.05, 0.1) is 21.6 Å². The van der Waals surface area contributed by atoms with Crippen molar-refractivity contribution >= 4 is 11.7 Å². The number of benzene rings is 2. The minimum Gasteiger partial charge on any atom is -0.457 e. The molecule has 2 aromatic carbocycles. The van der Waals surface area contributed by atoms with Gasteiger partial charge in [-0.25, -0.2) is 4.79 Å². The molecule has 0 atom stereocenters. The Labute approximate surface area is 128 Å². The smallest absolute Gasteiger partial charge is 0.417 e. The van der Waals surface area contributed by atoms with E-state index in [1.165, 1.54) is 12.1 Å². The van der Waals surface area contributed by atoms with Gasteiger partial charge in [0.15, 0.2) is 0 Å². The molecule has 23 heavy (non-hydrogen) atoms. The Morgan fingerprint density at radius 3 is 2.30 bits per heavy atom. The second-order valence-electron chi connectivity index (χ2n) is 4.50. The second kappa shape index (κ2) is 6.47. The van der Waals surface area contributed by atoms with Crippen LogP contribution in [0.15, 0.2) is 48.5 Å². The number of nitro benzene ring substituents is 1. The fourth-order valence-corrected chi connectivity index (χ4v) is 1.96. The molecule has 2 aromatic rings. The standard InChI is InChI=1S/C15H10F3NO4/c16-15(17,18)12-7-4-8-13(19(21)22)11(12)9-23-14(20)10-5-2-1-3-6-10/h1-8H,9H2. The first-order valence-electron chi connectivity index (χ1n) is 6.36. The molecular weight excluding hydrogens is 315 g/mol. The molecule has 5 nitrogen and oxygen atoms in total. The summed E-state index contributed by atoms with van der Waals surface area (Å²) in [4.78, 5) is 21.8. The van der Waals surface area contributed by atoms with E-state index in [2.05, 4.69) is 0 Å². The van der Waals surface area contributed by atoms with Crippen molar-refractivity contribution in [1.82, 2.24) is 0 Å². The van der Waals surface area contributed by atoms with E-state index in [1.54, 1.807) is 18.2 Å². The van der Waals surface area contributed by atoms with Gasteiger partial charge < -0.3 is 4.74 Å². The predicted molar refractivity (Wildman–Crippen MR) is 73.7 cm³/mol. The number of nitrogens with zero attached hydrogens (tertiary/aromatic N) is 1. The fourth-order valence-electron chi connectivity index (χ4n) is 1.96. The van der Waals surface area contributed by atoms with Gasteiger partial charge in [0.2, 0.25) is 0 Å². The van der Waals surface area contributed by atoms with Crippen molar-refractivity contribution in [2.75, 3.05) is 0 Å². The SMILES string of the molecule is O=C(OCc1c([N+](=O)[O-])cccc1C(F)(F)F)c1ccccc1. The van der Waals surface area contributed by atoms with Crippen LogP contribution < -0.4 is 0 Å². The lowest BCUT2D eigenvalue weighted by Crippen LogP contribution is -2.14. The van der Waals surface area contributed by atoms with Gasteiger partial charge in [-0.3, -0.25) is 10.1 Å². The predicted octanol–water partition coefficient (Wildman–Crippen LogP) is 3.97. The molecule has 0 saturated heterocycles. The van der Waals surface area contributed by atoms with Crippen molar-refractivity contribution in [3.63, 3.8) is 0 Å². The number of halogens is 3. The van der Waals surface area contributed by atoms with E-state index in [0.717, 1.165) is 12.1 Å². The summed E-state index contributed by atoms with van der Waals surface area (Å²) in [7, 11) is 0. The van der Waals surface area contributed by atoms with Crippen molar-refractivity contribution in [2.24, 2.45) is 0 Å². The van der Waals surface area contributed by atoms with Crippen LogP contribution in [0.3, 0.4) is 0 Å². The zero-order chi connectivity index (χ0) is 17.0. The molecule has 0 bridgehead atoms. The second-order valence-corrected chi connectivity index (χ2v) is 4.50. The third-order valence-corrected chi connectivity index (χ3v) is 3.01. The van der Waals surface area contributed by atoms with Gasteiger partial charge in [0, 0.05) is 6.07 Å². The highest BCUT2D eigenvalue weighted by Crippen LogP contribution is 2.36. The highest BCUT2D eigenvalue weighted by molar-refractivity contribution is 5.89. The number of carbonyl (C=O) groups is 1. The largest absolute Gasteiger partial charge is 0.457 e.